The zero-order chi connectivity index (χ0) is 13.5. The lowest BCUT2D eigenvalue weighted by molar-refractivity contribution is 1.25. The molecule has 0 unspecified atom stereocenters. The molecule has 0 amide bonds. The molecule has 96 valence electrons. The first-order chi connectivity index (χ1) is 9.84. The van der Waals surface area contributed by atoms with E-state index in [2.05, 4.69) is 73.7 Å². The van der Waals surface area contributed by atoms with Gasteiger partial charge in [-0.25, -0.2) is 0 Å². The fourth-order valence-electron chi connectivity index (χ4n) is 3.34. The molecule has 0 bridgehead atoms. The Morgan fingerprint density at radius 2 is 1.45 bits per heavy atom. The highest BCUT2D eigenvalue weighted by atomic mass is 14.3. The molecule has 1 aliphatic carbocycles. The minimum atomic E-state index is 1.05. The molecule has 0 radical (unpaired) electrons. The molecule has 4 rings (SSSR count). The summed E-state index contributed by atoms with van der Waals surface area (Å²) in [6, 6.07) is 24.0. The number of rotatable bonds is 1. The van der Waals surface area contributed by atoms with Gasteiger partial charge < -0.3 is 0 Å². The molecule has 0 atom stereocenters. The average molecular weight is 256 g/mol. The lowest BCUT2D eigenvalue weighted by Gasteiger charge is -2.12. The van der Waals surface area contributed by atoms with Crippen LogP contribution in [-0.2, 0) is 6.42 Å². The molecule has 0 heterocycles. The van der Waals surface area contributed by atoms with Gasteiger partial charge in [-0.2, -0.15) is 0 Å². The quantitative estimate of drug-likeness (QED) is 0.437. The monoisotopic (exact) mass is 256 g/mol. The molecule has 0 N–H and O–H groups in total. The van der Waals surface area contributed by atoms with Gasteiger partial charge in [-0.3, -0.25) is 0 Å². The SMILES string of the molecule is Cc1ccc2c(c1-c1ccccc1)Cc1ccccc1-2. The summed E-state index contributed by atoms with van der Waals surface area (Å²) in [6.45, 7) is 2.21. The highest BCUT2D eigenvalue weighted by Crippen LogP contribution is 2.42. The number of hydrogen-bond acceptors (Lipinski definition) is 0. The molecular weight excluding hydrogens is 240 g/mol. The first-order valence-corrected chi connectivity index (χ1v) is 7.11. The van der Waals surface area contributed by atoms with Crippen LogP contribution >= 0.6 is 0 Å². The predicted octanol–water partition coefficient (Wildman–Crippen LogP) is 5.23. The molecule has 0 fully saturated rings. The largest absolute Gasteiger partial charge is 0.0622 e. The van der Waals surface area contributed by atoms with E-state index in [1.54, 1.807) is 0 Å². The van der Waals surface area contributed by atoms with Crippen molar-refractivity contribution in [3.05, 3.63) is 83.4 Å². The lowest BCUT2D eigenvalue weighted by atomic mass is 9.92. The van der Waals surface area contributed by atoms with Gasteiger partial charge in [-0.15, -0.1) is 0 Å². The van der Waals surface area contributed by atoms with Crippen molar-refractivity contribution in [2.24, 2.45) is 0 Å². The van der Waals surface area contributed by atoms with Gasteiger partial charge in [0.05, 0.1) is 0 Å². The molecule has 0 heteroatoms. The Morgan fingerprint density at radius 1 is 0.700 bits per heavy atom. The Hall–Kier alpha value is -2.34. The van der Waals surface area contributed by atoms with Crippen LogP contribution in [0.3, 0.4) is 0 Å². The van der Waals surface area contributed by atoms with E-state index in [0.29, 0.717) is 0 Å². The van der Waals surface area contributed by atoms with Gasteiger partial charge in [0.15, 0.2) is 0 Å². The number of hydrogen-bond donors (Lipinski definition) is 0. The lowest BCUT2D eigenvalue weighted by Crippen LogP contribution is -1.91. The Labute approximate surface area is 119 Å². The van der Waals surface area contributed by atoms with E-state index in [-0.39, 0.29) is 0 Å². The predicted molar refractivity (Wildman–Crippen MR) is 84.9 cm³/mol. The first-order valence-electron chi connectivity index (χ1n) is 7.11. The van der Waals surface area contributed by atoms with Gasteiger partial charge in [-0.1, -0.05) is 66.7 Å². The van der Waals surface area contributed by atoms with Crippen LogP contribution in [0.1, 0.15) is 16.7 Å². The van der Waals surface area contributed by atoms with Crippen molar-refractivity contribution in [1.82, 2.24) is 0 Å². The maximum Gasteiger partial charge on any atom is -0.000718 e. The summed E-state index contributed by atoms with van der Waals surface area (Å²) in [5.41, 5.74) is 9.85. The Balaban J connectivity index is 2.00. The molecule has 0 aromatic heterocycles. The number of aryl methyl sites for hydroxylation is 1. The summed E-state index contributed by atoms with van der Waals surface area (Å²) < 4.78 is 0. The zero-order valence-corrected chi connectivity index (χ0v) is 11.6. The summed E-state index contributed by atoms with van der Waals surface area (Å²) >= 11 is 0. The minimum absolute atomic E-state index is 1.05. The molecule has 1 aliphatic rings. The zero-order valence-electron chi connectivity index (χ0n) is 11.6. The number of fused-ring (bicyclic) bond motifs is 3. The fourth-order valence-corrected chi connectivity index (χ4v) is 3.34. The third kappa shape index (κ3) is 1.61. The molecule has 3 aromatic carbocycles. The summed E-state index contributed by atoms with van der Waals surface area (Å²) in [4.78, 5) is 0. The molecule has 0 spiro atoms. The molecule has 0 nitrogen and oxygen atoms in total. The topological polar surface area (TPSA) is 0 Å². The van der Waals surface area contributed by atoms with Crippen LogP contribution in [0.4, 0.5) is 0 Å². The number of benzene rings is 3. The van der Waals surface area contributed by atoms with Crippen molar-refractivity contribution in [3.8, 4) is 22.3 Å². The van der Waals surface area contributed by atoms with Crippen molar-refractivity contribution in [2.45, 2.75) is 13.3 Å². The van der Waals surface area contributed by atoms with Gasteiger partial charge in [0, 0.05) is 0 Å². The molecule has 20 heavy (non-hydrogen) atoms. The van der Waals surface area contributed by atoms with E-state index in [4.69, 9.17) is 0 Å². The molecular formula is C20H16. The normalized spacial score (nSPS) is 12.1. The van der Waals surface area contributed by atoms with Crippen molar-refractivity contribution < 1.29 is 0 Å². The van der Waals surface area contributed by atoms with Crippen LogP contribution in [0.5, 0.6) is 0 Å². The van der Waals surface area contributed by atoms with E-state index in [1.807, 2.05) is 0 Å². The van der Waals surface area contributed by atoms with Crippen molar-refractivity contribution in [2.75, 3.05) is 0 Å². The van der Waals surface area contributed by atoms with Crippen LogP contribution in [0.2, 0.25) is 0 Å². The van der Waals surface area contributed by atoms with E-state index >= 15 is 0 Å². The molecule has 3 aromatic rings. The third-order valence-corrected chi connectivity index (χ3v) is 4.26. The van der Waals surface area contributed by atoms with Crippen LogP contribution in [0.25, 0.3) is 22.3 Å². The maximum atomic E-state index is 2.28. The Morgan fingerprint density at radius 3 is 2.30 bits per heavy atom. The van der Waals surface area contributed by atoms with Crippen LogP contribution in [0.15, 0.2) is 66.7 Å². The highest BCUT2D eigenvalue weighted by molar-refractivity contribution is 5.86. The Bertz CT molecular complexity index is 782. The van der Waals surface area contributed by atoms with Crippen LogP contribution in [-0.4, -0.2) is 0 Å². The minimum Gasteiger partial charge on any atom is -0.0622 e. The maximum absolute atomic E-state index is 2.28. The molecule has 0 saturated carbocycles. The summed E-state index contributed by atoms with van der Waals surface area (Å²) in [5, 5.41) is 0. The smallest absolute Gasteiger partial charge is 0.000718 e. The standard InChI is InChI=1S/C20H16/c1-14-11-12-18-17-10-6-5-9-16(17)13-19(18)20(14)15-7-3-2-4-8-15/h2-12H,13H2,1H3. The molecule has 0 aliphatic heterocycles. The van der Waals surface area contributed by atoms with Gasteiger partial charge in [0.25, 0.3) is 0 Å². The third-order valence-electron chi connectivity index (χ3n) is 4.26. The highest BCUT2D eigenvalue weighted by Gasteiger charge is 2.22. The second-order valence-corrected chi connectivity index (χ2v) is 5.48. The van der Waals surface area contributed by atoms with Gasteiger partial charge in [0.1, 0.15) is 0 Å². The molecule has 0 saturated heterocycles. The van der Waals surface area contributed by atoms with Gasteiger partial charge >= 0.3 is 0 Å². The van der Waals surface area contributed by atoms with Crippen LogP contribution < -0.4 is 0 Å². The van der Waals surface area contributed by atoms with Gasteiger partial charge in [-0.05, 0) is 52.3 Å². The summed E-state index contributed by atoms with van der Waals surface area (Å²) in [7, 11) is 0. The van der Waals surface area contributed by atoms with Crippen LogP contribution in [0, 0.1) is 6.92 Å². The van der Waals surface area contributed by atoms with E-state index < -0.39 is 0 Å². The van der Waals surface area contributed by atoms with Crippen molar-refractivity contribution in [1.29, 1.82) is 0 Å². The Kier molecular flexibility index (Phi) is 2.50. The van der Waals surface area contributed by atoms with E-state index in [1.165, 1.54) is 38.9 Å². The first kappa shape index (κ1) is 11.5. The van der Waals surface area contributed by atoms with Crippen molar-refractivity contribution in [3.63, 3.8) is 0 Å². The van der Waals surface area contributed by atoms with E-state index in [0.717, 1.165) is 6.42 Å². The summed E-state index contributed by atoms with van der Waals surface area (Å²) in [5.74, 6) is 0. The van der Waals surface area contributed by atoms with Crippen molar-refractivity contribution >= 4 is 0 Å². The fraction of sp³-hybridized carbons (Fsp3) is 0.100. The summed E-state index contributed by atoms with van der Waals surface area (Å²) in [6.07, 6.45) is 1.05. The van der Waals surface area contributed by atoms with E-state index in [9.17, 15) is 0 Å². The average Bonchev–Trinajstić information content (AvgIpc) is 2.86. The second kappa shape index (κ2) is 4.35. The van der Waals surface area contributed by atoms with Gasteiger partial charge in [0.2, 0.25) is 0 Å². The second-order valence-electron chi connectivity index (χ2n) is 5.48.